The molecule has 0 bridgehead atoms. The van der Waals surface area contributed by atoms with Crippen LogP contribution in [0.2, 0.25) is 5.02 Å². The van der Waals surface area contributed by atoms with Gasteiger partial charge < -0.3 is 10.1 Å². The van der Waals surface area contributed by atoms with Crippen LogP contribution >= 0.6 is 11.6 Å². The van der Waals surface area contributed by atoms with Crippen molar-refractivity contribution in [3.63, 3.8) is 0 Å². The average molecular weight is 280 g/mol. The molecule has 1 N–H and O–H groups in total. The summed E-state index contributed by atoms with van der Waals surface area (Å²) in [6, 6.07) is 8.89. The molecule has 2 fully saturated rings. The summed E-state index contributed by atoms with van der Waals surface area (Å²) in [5, 5.41) is 4.62. The molecule has 1 saturated heterocycles. The molecule has 2 nitrogen and oxygen atoms in total. The fourth-order valence-corrected chi connectivity index (χ4v) is 4.15. The van der Waals surface area contributed by atoms with Gasteiger partial charge in [-0.25, -0.2) is 0 Å². The fourth-order valence-electron chi connectivity index (χ4n) is 3.85. The van der Waals surface area contributed by atoms with Crippen molar-refractivity contribution < 1.29 is 4.74 Å². The van der Waals surface area contributed by atoms with E-state index >= 15 is 0 Å². The van der Waals surface area contributed by atoms with Gasteiger partial charge in [0.05, 0.1) is 6.10 Å². The number of hydrogen-bond donors (Lipinski definition) is 1. The Bertz CT molecular complexity index is 474. The second-order valence-electron chi connectivity index (χ2n) is 6.45. The third-order valence-corrected chi connectivity index (χ3v) is 5.25. The lowest BCUT2D eigenvalue weighted by Crippen LogP contribution is -2.66. The van der Waals surface area contributed by atoms with Crippen molar-refractivity contribution in [1.29, 1.82) is 0 Å². The van der Waals surface area contributed by atoms with Gasteiger partial charge in [0.25, 0.3) is 0 Å². The maximum Gasteiger partial charge on any atom is 0.0685 e. The molecule has 0 aromatic heterocycles. The average Bonchev–Trinajstić information content (AvgIpc) is 2.83. The molecule has 4 atom stereocenters. The maximum atomic E-state index is 6.28. The standard InChI is InChI=1S/C16H22ClNO/c1-10(11-6-4-5-7-13(11)17)18-14-12-8-9-19-15(12)16(14,2)3/h4-7,10,12,14-15,18H,8-9H2,1-3H3/t10-,12?,14?,15?/m1/s1. The normalized spacial score (nSPS) is 33.6. The zero-order chi connectivity index (χ0) is 13.6. The monoisotopic (exact) mass is 279 g/mol. The highest BCUT2D eigenvalue weighted by Crippen LogP contribution is 2.52. The molecule has 104 valence electrons. The first kappa shape index (κ1) is 13.4. The van der Waals surface area contributed by atoms with Crippen LogP contribution < -0.4 is 5.32 Å². The van der Waals surface area contributed by atoms with Gasteiger partial charge in [-0.2, -0.15) is 0 Å². The van der Waals surface area contributed by atoms with E-state index in [1.807, 2.05) is 18.2 Å². The SMILES string of the molecule is C[C@@H](NC1C2CCOC2C1(C)C)c1ccccc1Cl. The van der Waals surface area contributed by atoms with E-state index in [2.05, 4.69) is 32.2 Å². The minimum Gasteiger partial charge on any atom is -0.377 e. The molecule has 1 aliphatic carbocycles. The van der Waals surface area contributed by atoms with Crippen molar-refractivity contribution >= 4 is 11.6 Å². The fraction of sp³-hybridized carbons (Fsp3) is 0.625. The topological polar surface area (TPSA) is 21.3 Å². The zero-order valence-electron chi connectivity index (χ0n) is 11.8. The van der Waals surface area contributed by atoms with Crippen molar-refractivity contribution in [2.24, 2.45) is 11.3 Å². The van der Waals surface area contributed by atoms with Gasteiger partial charge in [0.1, 0.15) is 0 Å². The Kier molecular flexibility index (Phi) is 3.36. The summed E-state index contributed by atoms with van der Waals surface area (Å²) in [6.07, 6.45) is 1.62. The zero-order valence-corrected chi connectivity index (χ0v) is 12.6. The van der Waals surface area contributed by atoms with Gasteiger partial charge in [-0.3, -0.25) is 0 Å². The Morgan fingerprint density at radius 1 is 1.37 bits per heavy atom. The summed E-state index contributed by atoms with van der Waals surface area (Å²) in [5.74, 6) is 0.667. The number of benzene rings is 1. The van der Waals surface area contributed by atoms with Gasteiger partial charge in [-0.05, 0) is 25.0 Å². The van der Waals surface area contributed by atoms with Crippen LogP contribution in [-0.4, -0.2) is 18.8 Å². The van der Waals surface area contributed by atoms with E-state index in [9.17, 15) is 0 Å². The lowest BCUT2D eigenvalue weighted by Gasteiger charge is -2.55. The molecule has 3 rings (SSSR count). The van der Waals surface area contributed by atoms with E-state index in [-0.39, 0.29) is 11.5 Å². The van der Waals surface area contributed by atoms with Crippen LogP contribution in [0.3, 0.4) is 0 Å². The predicted octanol–water partition coefficient (Wildman–Crippen LogP) is 3.80. The molecule has 19 heavy (non-hydrogen) atoms. The molecular formula is C16H22ClNO. The minimum absolute atomic E-state index is 0.219. The van der Waals surface area contributed by atoms with Crippen molar-refractivity contribution in [2.75, 3.05) is 6.61 Å². The number of ether oxygens (including phenoxy) is 1. The molecule has 0 amide bonds. The Balaban J connectivity index is 1.74. The van der Waals surface area contributed by atoms with Crippen molar-refractivity contribution in [2.45, 2.75) is 45.4 Å². The molecule has 1 heterocycles. The molecule has 1 aromatic rings. The van der Waals surface area contributed by atoms with Gasteiger partial charge in [-0.1, -0.05) is 43.6 Å². The van der Waals surface area contributed by atoms with Crippen LogP contribution in [0.25, 0.3) is 0 Å². The summed E-state index contributed by atoms with van der Waals surface area (Å²) in [6.45, 7) is 7.71. The highest BCUT2D eigenvalue weighted by Gasteiger charge is 2.59. The predicted molar refractivity (Wildman–Crippen MR) is 78.4 cm³/mol. The molecule has 0 radical (unpaired) electrons. The van der Waals surface area contributed by atoms with Crippen molar-refractivity contribution in [3.05, 3.63) is 34.9 Å². The number of rotatable bonds is 3. The Hall–Kier alpha value is -0.570. The van der Waals surface area contributed by atoms with Crippen LogP contribution in [-0.2, 0) is 4.74 Å². The molecule has 2 aliphatic rings. The number of hydrogen-bond acceptors (Lipinski definition) is 2. The molecular weight excluding hydrogens is 258 g/mol. The maximum absolute atomic E-state index is 6.28. The van der Waals surface area contributed by atoms with Crippen LogP contribution in [0.1, 0.15) is 38.8 Å². The van der Waals surface area contributed by atoms with E-state index in [4.69, 9.17) is 16.3 Å². The lowest BCUT2D eigenvalue weighted by atomic mass is 9.57. The summed E-state index contributed by atoms with van der Waals surface area (Å²) < 4.78 is 5.84. The molecule has 0 spiro atoms. The minimum atomic E-state index is 0.219. The number of halogens is 1. The van der Waals surface area contributed by atoms with E-state index < -0.39 is 0 Å². The largest absolute Gasteiger partial charge is 0.377 e. The molecule has 3 heteroatoms. The molecule has 1 aliphatic heterocycles. The first-order chi connectivity index (χ1) is 9.01. The third-order valence-electron chi connectivity index (χ3n) is 4.90. The first-order valence-electron chi connectivity index (χ1n) is 7.14. The van der Waals surface area contributed by atoms with Gasteiger partial charge >= 0.3 is 0 Å². The van der Waals surface area contributed by atoms with Gasteiger partial charge in [0, 0.05) is 35.0 Å². The smallest absolute Gasteiger partial charge is 0.0685 e. The van der Waals surface area contributed by atoms with E-state index in [0.29, 0.717) is 18.1 Å². The Labute approximate surface area is 120 Å². The van der Waals surface area contributed by atoms with Gasteiger partial charge in [-0.15, -0.1) is 0 Å². The second-order valence-corrected chi connectivity index (χ2v) is 6.86. The van der Waals surface area contributed by atoms with E-state index in [1.165, 1.54) is 12.0 Å². The quantitative estimate of drug-likeness (QED) is 0.909. The molecule has 3 unspecified atom stereocenters. The summed E-state index contributed by atoms with van der Waals surface area (Å²) in [7, 11) is 0. The van der Waals surface area contributed by atoms with Crippen LogP contribution in [0, 0.1) is 11.3 Å². The van der Waals surface area contributed by atoms with E-state index in [1.54, 1.807) is 0 Å². The highest BCUT2D eigenvalue weighted by atomic mass is 35.5. The molecule has 1 saturated carbocycles. The molecule has 1 aromatic carbocycles. The second kappa shape index (κ2) is 4.76. The van der Waals surface area contributed by atoms with Crippen LogP contribution in [0.5, 0.6) is 0 Å². The Morgan fingerprint density at radius 3 is 2.84 bits per heavy atom. The van der Waals surface area contributed by atoms with Crippen LogP contribution in [0.4, 0.5) is 0 Å². The van der Waals surface area contributed by atoms with Gasteiger partial charge in [0.15, 0.2) is 0 Å². The first-order valence-corrected chi connectivity index (χ1v) is 7.51. The summed E-state index contributed by atoms with van der Waals surface area (Å²) in [5.41, 5.74) is 1.40. The van der Waals surface area contributed by atoms with Crippen molar-refractivity contribution in [3.8, 4) is 0 Å². The third kappa shape index (κ3) is 2.10. The Morgan fingerprint density at radius 2 is 2.11 bits per heavy atom. The summed E-state index contributed by atoms with van der Waals surface area (Å²) in [4.78, 5) is 0. The van der Waals surface area contributed by atoms with Gasteiger partial charge in [0.2, 0.25) is 0 Å². The number of fused-ring (bicyclic) bond motifs is 1. The van der Waals surface area contributed by atoms with Crippen molar-refractivity contribution in [1.82, 2.24) is 5.32 Å². The summed E-state index contributed by atoms with van der Waals surface area (Å²) >= 11 is 6.28. The number of nitrogens with one attached hydrogen (secondary N) is 1. The van der Waals surface area contributed by atoms with Crippen LogP contribution in [0.15, 0.2) is 24.3 Å². The van der Waals surface area contributed by atoms with E-state index in [0.717, 1.165) is 11.6 Å². The lowest BCUT2D eigenvalue weighted by molar-refractivity contribution is -0.115. The highest BCUT2D eigenvalue weighted by molar-refractivity contribution is 6.31.